The van der Waals surface area contributed by atoms with Crippen molar-refractivity contribution >= 4 is 34.7 Å². The second-order valence-electron chi connectivity index (χ2n) is 6.89. The van der Waals surface area contributed by atoms with Crippen LogP contribution in [0.5, 0.6) is 0 Å². The number of aromatic nitrogens is 1. The molecule has 0 aliphatic heterocycles. The van der Waals surface area contributed by atoms with Crippen LogP contribution in [0, 0.1) is 5.82 Å². The van der Waals surface area contributed by atoms with Gasteiger partial charge in [-0.2, -0.15) is 13.2 Å². The number of hydrogen-bond donors (Lipinski definition) is 2. The molecule has 0 aliphatic rings. The van der Waals surface area contributed by atoms with Crippen LogP contribution in [0.2, 0.25) is 5.02 Å². The predicted molar refractivity (Wildman–Crippen MR) is 113 cm³/mol. The number of alkyl halides is 3. The molecule has 5 nitrogen and oxygen atoms in total. The summed E-state index contributed by atoms with van der Waals surface area (Å²) < 4.78 is 52.9. The van der Waals surface area contributed by atoms with Crippen molar-refractivity contribution in [2.75, 3.05) is 10.2 Å². The van der Waals surface area contributed by atoms with Crippen molar-refractivity contribution in [1.29, 1.82) is 0 Å². The van der Waals surface area contributed by atoms with Gasteiger partial charge in [0, 0.05) is 23.6 Å². The zero-order valence-electron chi connectivity index (χ0n) is 16.7. The van der Waals surface area contributed by atoms with Crippen molar-refractivity contribution in [2.24, 2.45) is 0 Å². The summed E-state index contributed by atoms with van der Waals surface area (Å²) in [4.78, 5) is 17.7. The maximum absolute atomic E-state index is 13.6. The van der Waals surface area contributed by atoms with E-state index in [1.54, 1.807) is 0 Å². The largest absolute Gasteiger partial charge is 0.416 e. The van der Waals surface area contributed by atoms with Gasteiger partial charge in [-0.3, -0.25) is 4.79 Å². The first-order valence-corrected chi connectivity index (χ1v) is 9.77. The van der Waals surface area contributed by atoms with Crippen LogP contribution in [-0.4, -0.2) is 22.2 Å². The zero-order chi connectivity index (χ0) is 23.5. The number of hydrogen-bond acceptors (Lipinski definition) is 4. The Balaban J connectivity index is 1.84. The molecule has 0 saturated heterocycles. The molecule has 3 rings (SSSR count). The van der Waals surface area contributed by atoms with Gasteiger partial charge in [0.1, 0.15) is 17.9 Å². The van der Waals surface area contributed by atoms with Gasteiger partial charge in [-0.15, -0.1) is 0 Å². The molecule has 0 bridgehead atoms. The van der Waals surface area contributed by atoms with Crippen LogP contribution >= 0.6 is 11.6 Å². The number of anilines is 3. The maximum Gasteiger partial charge on any atom is 0.416 e. The topological polar surface area (TPSA) is 65.5 Å². The summed E-state index contributed by atoms with van der Waals surface area (Å²) in [5.74, 6) is -1.02. The molecule has 32 heavy (non-hydrogen) atoms. The van der Waals surface area contributed by atoms with E-state index in [9.17, 15) is 27.5 Å². The number of aliphatic hydroxyl groups is 1. The van der Waals surface area contributed by atoms with Crippen LogP contribution in [-0.2, 0) is 17.4 Å². The van der Waals surface area contributed by atoms with Gasteiger partial charge in [-0.1, -0.05) is 29.8 Å². The van der Waals surface area contributed by atoms with Crippen LogP contribution in [0.25, 0.3) is 0 Å². The number of aliphatic hydroxyl groups excluding tert-OH is 1. The highest BCUT2D eigenvalue weighted by atomic mass is 35.5. The highest BCUT2D eigenvalue weighted by Crippen LogP contribution is 2.34. The highest BCUT2D eigenvalue weighted by molar-refractivity contribution is 6.31. The summed E-state index contributed by atoms with van der Waals surface area (Å²) in [6.45, 7) is 1.37. The van der Waals surface area contributed by atoms with Gasteiger partial charge in [0.05, 0.1) is 17.0 Å². The van der Waals surface area contributed by atoms with Gasteiger partial charge in [-0.05, 0) is 42.8 Å². The van der Waals surface area contributed by atoms with E-state index in [1.807, 2.05) is 0 Å². The molecular weight excluding hydrogens is 450 g/mol. The Morgan fingerprint density at radius 2 is 1.91 bits per heavy atom. The summed E-state index contributed by atoms with van der Waals surface area (Å²) in [6, 6.07) is 11.5. The number of benzene rings is 2. The first kappa shape index (κ1) is 23.5. The van der Waals surface area contributed by atoms with Crippen molar-refractivity contribution in [2.45, 2.75) is 25.7 Å². The normalized spacial score (nSPS) is 12.3. The van der Waals surface area contributed by atoms with E-state index in [0.717, 1.165) is 12.1 Å². The predicted octanol–water partition coefficient (Wildman–Crippen LogP) is 5.55. The molecule has 0 spiro atoms. The average Bonchev–Trinajstić information content (AvgIpc) is 2.71. The minimum atomic E-state index is -4.55. The SMILES string of the molecule is CC(O)N(c1cccc(C(F)(F)F)c1)c1cc(NC(=O)Cc2cccc(F)c2Cl)ccn1. The molecule has 1 aromatic heterocycles. The highest BCUT2D eigenvalue weighted by Gasteiger charge is 2.31. The van der Waals surface area contributed by atoms with Crippen molar-refractivity contribution in [3.63, 3.8) is 0 Å². The van der Waals surface area contributed by atoms with Crippen molar-refractivity contribution in [3.8, 4) is 0 Å². The molecule has 0 saturated carbocycles. The molecule has 168 valence electrons. The Kier molecular flexibility index (Phi) is 7.00. The summed E-state index contributed by atoms with van der Waals surface area (Å²) in [6.07, 6.45) is -4.63. The first-order valence-electron chi connectivity index (χ1n) is 9.39. The number of pyridine rings is 1. The van der Waals surface area contributed by atoms with E-state index in [-0.39, 0.29) is 28.6 Å². The van der Waals surface area contributed by atoms with Gasteiger partial charge in [0.15, 0.2) is 0 Å². The minimum absolute atomic E-state index is 0.0670. The molecule has 1 heterocycles. The zero-order valence-corrected chi connectivity index (χ0v) is 17.5. The molecule has 2 aromatic carbocycles. The Morgan fingerprint density at radius 1 is 1.19 bits per heavy atom. The van der Waals surface area contributed by atoms with Crippen LogP contribution in [0.4, 0.5) is 34.8 Å². The van der Waals surface area contributed by atoms with Crippen molar-refractivity contribution in [1.82, 2.24) is 4.98 Å². The lowest BCUT2D eigenvalue weighted by molar-refractivity contribution is -0.137. The first-order chi connectivity index (χ1) is 15.1. The summed E-state index contributed by atoms with van der Waals surface area (Å²) in [5, 5.41) is 12.7. The van der Waals surface area contributed by atoms with Crippen molar-refractivity contribution < 1.29 is 27.5 Å². The fourth-order valence-corrected chi connectivity index (χ4v) is 3.26. The monoisotopic (exact) mass is 467 g/mol. The lowest BCUT2D eigenvalue weighted by Crippen LogP contribution is -2.29. The lowest BCUT2D eigenvalue weighted by Gasteiger charge is -2.27. The average molecular weight is 468 g/mol. The molecule has 0 fully saturated rings. The molecule has 1 atom stereocenters. The standard InChI is InChI=1S/C22H18ClF4N3O2/c1-13(31)30(17-6-3-5-15(11-17)22(25,26)27)19-12-16(8-9-28-19)29-20(32)10-14-4-2-7-18(24)21(14)23/h2-9,11-13,31H,10H2,1H3,(H,28,29,32). The lowest BCUT2D eigenvalue weighted by atomic mass is 10.1. The van der Waals surface area contributed by atoms with Gasteiger partial charge in [0.25, 0.3) is 0 Å². The molecule has 2 N–H and O–H groups in total. The van der Waals surface area contributed by atoms with Crippen LogP contribution in [0.3, 0.4) is 0 Å². The second-order valence-corrected chi connectivity index (χ2v) is 7.27. The fraction of sp³-hybridized carbons (Fsp3) is 0.182. The Labute approximate surface area is 186 Å². The number of nitrogens with zero attached hydrogens (tertiary/aromatic N) is 2. The van der Waals surface area contributed by atoms with Gasteiger partial charge >= 0.3 is 6.18 Å². The molecule has 10 heteroatoms. The van der Waals surface area contributed by atoms with E-state index in [2.05, 4.69) is 10.3 Å². The number of amides is 1. The number of carbonyl (C=O) groups is 1. The Morgan fingerprint density at radius 3 is 2.59 bits per heavy atom. The van der Waals surface area contributed by atoms with Gasteiger partial charge in [-0.25, -0.2) is 9.37 Å². The number of carbonyl (C=O) groups excluding carboxylic acids is 1. The van der Waals surface area contributed by atoms with Gasteiger partial charge < -0.3 is 15.3 Å². The Bertz CT molecular complexity index is 1120. The van der Waals surface area contributed by atoms with E-state index >= 15 is 0 Å². The molecule has 0 aliphatic carbocycles. The molecule has 0 radical (unpaired) electrons. The third-order valence-corrected chi connectivity index (χ3v) is 4.91. The van der Waals surface area contributed by atoms with E-state index in [1.165, 1.54) is 60.5 Å². The van der Waals surface area contributed by atoms with Crippen LogP contribution in [0.1, 0.15) is 18.1 Å². The fourth-order valence-electron chi connectivity index (χ4n) is 3.06. The summed E-state index contributed by atoms with van der Waals surface area (Å²) in [5.41, 5.74) is -0.229. The third-order valence-electron chi connectivity index (χ3n) is 4.48. The number of rotatable bonds is 6. The number of halogens is 5. The number of nitrogens with one attached hydrogen (secondary N) is 1. The van der Waals surface area contributed by atoms with E-state index in [0.29, 0.717) is 5.56 Å². The molecule has 1 unspecified atom stereocenters. The third kappa shape index (κ3) is 5.54. The second kappa shape index (κ2) is 9.54. The quantitative estimate of drug-likeness (QED) is 0.368. The van der Waals surface area contributed by atoms with Crippen LogP contribution in [0.15, 0.2) is 60.8 Å². The van der Waals surface area contributed by atoms with Gasteiger partial charge in [0.2, 0.25) is 5.91 Å². The van der Waals surface area contributed by atoms with E-state index in [4.69, 9.17) is 11.6 Å². The van der Waals surface area contributed by atoms with Crippen LogP contribution < -0.4 is 10.2 Å². The molecular formula is C22H18ClF4N3O2. The minimum Gasteiger partial charge on any atom is -0.373 e. The molecule has 3 aromatic rings. The maximum atomic E-state index is 13.6. The van der Waals surface area contributed by atoms with Crippen molar-refractivity contribution in [3.05, 3.63) is 82.8 Å². The summed E-state index contributed by atoms with van der Waals surface area (Å²) in [7, 11) is 0. The smallest absolute Gasteiger partial charge is 0.373 e. The van der Waals surface area contributed by atoms with E-state index < -0.39 is 29.7 Å². The Hall–Kier alpha value is -3.17. The molecule has 1 amide bonds. The summed E-state index contributed by atoms with van der Waals surface area (Å²) >= 11 is 5.88.